The van der Waals surface area contributed by atoms with Crippen LogP contribution in [-0.4, -0.2) is 33.3 Å². The highest BCUT2D eigenvalue weighted by Crippen LogP contribution is 2.23. The van der Waals surface area contributed by atoms with Gasteiger partial charge in [0.2, 0.25) is 0 Å². The minimum Gasteiger partial charge on any atom is -0.337 e. The fourth-order valence-corrected chi connectivity index (χ4v) is 4.12. The molecule has 150 valence electrons. The van der Waals surface area contributed by atoms with E-state index in [0.717, 1.165) is 5.56 Å². The highest BCUT2D eigenvalue weighted by atomic mass is 32.2. The van der Waals surface area contributed by atoms with Crippen molar-refractivity contribution in [3.05, 3.63) is 95.8 Å². The molecular weight excluding hydrogens is 391 g/mol. The van der Waals surface area contributed by atoms with Crippen LogP contribution < -0.4 is 4.31 Å². The number of carbonyl (C=O) groups is 1. The van der Waals surface area contributed by atoms with E-state index in [1.165, 1.54) is 40.5 Å². The lowest BCUT2D eigenvalue weighted by Gasteiger charge is -2.21. The molecule has 0 aliphatic rings. The Labute approximate surface area is 170 Å². The Bertz CT molecular complexity index is 1100. The Balaban J connectivity index is 1.82. The number of halogens is 1. The molecule has 3 aromatic rings. The number of rotatable bonds is 6. The summed E-state index contributed by atoms with van der Waals surface area (Å²) in [5.41, 5.74) is 1.56. The van der Waals surface area contributed by atoms with Crippen molar-refractivity contribution >= 4 is 21.6 Å². The van der Waals surface area contributed by atoms with Gasteiger partial charge >= 0.3 is 0 Å². The van der Waals surface area contributed by atoms with Gasteiger partial charge in [0.05, 0.1) is 10.6 Å². The van der Waals surface area contributed by atoms with Crippen LogP contribution in [-0.2, 0) is 16.6 Å². The highest BCUT2D eigenvalue weighted by molar-refractivity contribution is 7.92. The molecule has 0 aromatic heterocycles. The van der Waals surface area contributed by atoms with Crippen molar-refractivity contribution in [1.29, 1.82) is 0 Å². The number of hydrogen-bond donors (Lipinski definition) is 0. The Morgan fingerprint density at radius 1 is 0.897 bits per heavy atom. The molecule has 0 bridgehead atoms. The second-order valence-electron chi connectivity index (χ2n) is 6.62. The highest BCUT2D eigenvalue weighted by Gasteiger charge is 2.23. The number of benzene rings is 3. The molecule has 0 aliphatic carbocycles. The molecule has 0 saturated heterocycles. The number of para-hydroxylation sites is 1. The Kier molecular flexibility index (Phi) is 5.98. The van der Waals surface area contributed by atoms with Crippen LogP contribution in [0.1, 0.15) is 15.9 Å². The quantitative estimate of drug-likeness (QED) is 0.617. The van der Waals surface area contributed by atoms with Crippen molar-refractivity contribution in [1.82, 2.24) is 4.90 Å². The molecule has 0 spiro atoms. The number of anilines is 1. The van der Waals surface area contributed by atoms with Gasteiger partial charge in [-0.25, -0.2) is 12.8 Å². The maximum absolute atomic E-state index is 13.1. The van der Waals surface area contributed by atoms with Crippen molar-refractivity contribution in [3.8, 4) is 0 Å². The van der Waals surface area contributed by atoms with Gasteiger partial charge in [0.15, 0.2) is 0 Å². The zero-order valence-electron chi connectivity index (χ0n) is 16.1. The molecule has 3 aromatic carbocycles. The normalized spacial score (nSPS) is 11.1. The van der Waals surface area contributed by atoms with Crippen LogP contribution in [0.25, 0.3) is 0 Å². The van der Waals surface area contributed by atoms with Gasteiger partial charge in [0.1, 0.15) is 5.82 Å². The fraction of sp³-hybridized carbons (Fsp3) is 0.136. The monoisotopic (exact) mass is 412 g/mol. The molecule has 29 heavy (non-hydrogen) atoms. The smallest absolute Gasteiger partial charge is 0.264 e. The summed E-state index contributed by atoms with van der Waals surface area (Å²) in [6.45, 7) is 0.278. The topological polar surface area (TPSA) is 57.7 Å². The zero-order chi connectivity index (χ0) is 21.0. The summed E-state index contributed by atoms with van der Waals surface area (Å²) < 4.78 is 40.2. The third kappa shape index (κ3) is 4.63. The third-order valence-corrected chi connectivity index (χ3v) is 6.32. The average Bonchev–Trinajstić information content (AvgIpc) is 2.75. The standard InChI is InChI=1S/C22H21FN2O3S/c1-24(16-17-11-13-19(23)14-12-17)22(26)18-7-6-10-21(15-18)29(27,28)25(2)20-8-4-3-5-9-20/h3-15H,16H2,1-2H3. The number of carbonyl (C=O) groups excluding carboxylic acids is 1. The molecule has 0 aliphatic heterocycles. The molecule has 7 heteroatoms. The molecule has 0 unspecified atom stereocenters. The molecular formula is C22H21FN2O3S. The molecule has 0 N–H and O–H groups in total. The number of sulfonamides is 1. The average molecular weight is 412 g/mol. The van der Waals surface area contributed by atoms with Gasteiger partial charge < -0.3 is 4.90 Å². The maximum Gasteiger partial charge on any atom is 0.264 e. The Hall–Kier alpha value is -3.19. The number of hydrogen-bond acceptors (Lipinski definition) is 3. The minimum absolute atomic E-state index is 0.0323. The SMILES string of the molecule is CN(Cc1ccc(F)cc1)C(=O)c1cccc(S(=O)(=O)N(C)c2ccccc2)c1. The van der Waals surface area contributed by atoms with E-state index in [9.17, 15) is 17.6 Å². The second kappa shape index (κ2) is 8.45. The summed E-state index contributed by atoms with van der Waals surface area (Å²) in [6, 6.07) is 20.5. The Morgan fingerprint density at radius 2 is 1.55 bits per heavy atom. The molecule has 5 nitrogen and oxygen atoms in total. The van der Waals surface area contributed by atoms with Crippen LogP contribution in [0.5, 0.6) is 0 Å². The van der Waals surface area contributed by atoms with E-state index in [0.29, 0.717) is 5.69 Å². The van der Waals surface area contributed by atoms with Gasteiger partial charge in [-0.1, -0.05) is 36.4 Å². The van der Waals surface area contributed by atoms with E-state index in [-0.39, 0.29) is 28.7 Å². The van der Waals surface area contributed by atoms with E-state index in [4.69, 9.17) is 0 Å². The van der Waals surface area contributed by atoms with Crippen LogP contribution in [0, 0.1) is 5.82 Å². The molecule has 0 radical (unpaired) electrons. The van der Waals surface area contributed by atoms with Crippen molar-refractivity contribution in [3.63, 3.8) is 0 Å². The predicted molar refractivity (Wildman–Crippen MR) is 111 cm³/mol. The fourth-order valence-electron chi connectivity index (χ4n) is 2.88. The first-order chi connectivity index (χ1) is 13.8. The van der Waals surface area contributed by atoms with Crippen LogP contribution in [0.3, 0.4) is 0 Å². The first-order valence-electron chi connectivity index (χ1n) is 8.93. The van der Waals surface area contributed by atoms with Crippen molar-refractivity contribution in [2.75, 3.05) is 18.4 Å². The summed E-state index contributed by atoms with van der Waals surface area (Å²) in [5.74, 6) is -0.670. The van der Waals surface area contributed by atoms with E-state index < -0.39 is 10.0 Å². The molecule has 0 fully saturated rings. The number of nitrogens with zero attached hydrogens (tertiary/aromatic N) is 2. The summed E-state index contributed by atoms with van der Waals surface area (Å²) in [7, 11) is -0.730. The molecule has 3 rings (SSSR count). The van der Waals surface area contributed by atoms with Crippen LogP contribution in [0.2, 0.25) is 0 Å². The summed E-state index contributed by atoms with van der Waals surface area (Å²) in [5, 5.41) is 0. The molecule has 0 heterocycles. The first-order valence-corrected chi connectivity index (χ1v) is 10.4. The van der Waals surface area contributed by atoms with Gasteiger partial charge in [-0.15, -0.1) is 0 Å². The van der Waals surface area contributed by atoms with Crippen molar-refractivity contribution in [2.45, 2.75) is 11.4 Å². The summed E-state index contributed by atoms with van der Waals surface area (Å²) in [4.78, 5) is 14.3. The van der Waals surface area contributed by atoms with Crippen LogP contribution in [0.4, 0.5) is 10.1 Å². The minimum atomic E-state index is -3.82. The third-order valence-electron chi connectivity index (χ3n) is 4.54. The molecule has 0 saturated carbocycles. The van der Waals surface area contributed by atoms with E-state index in [1.807, 2.05) is 0 Å². The lowest BCUT2D eigenvalue weighted by molar-refractivity contribution is 0.0785. The lowest BCUT2D eigenvalue weighted by Crippen LogP contribution is -2.28. The van der Waals surface area contributed by atoms with Gasteiger partial charge in [-0.3, -0.25) is 9.10 Å². The van der Waals surface area contributed by atoms with Gasteiger partial charge in [0.25, 0.3) is 15.9 Å². The molecule has 1 amide bonds. The second-order valence-corrected chi connectivity index (χ2v) is 8.59. The van der Waals surface area contributed by atoms with Gasteiger partial charge in [0, 0.05) is 26.2 Å². The maximum atomic E-state index is 13.1. The predicted octanol–water partition coefficient (Wildman–Crippen LogP) is 3.92. The van der Waals surface area contributed by atoms with Gasteiger partial charge in [-0.05, 0) is 48.0 Å². The lowest BCUT2D eigenvalue weighted by atomic mass is 10.1. The van der Waals surface area contributed by atoms with Crippen LogP contribution >= 0.6 is 0 Å². The molecule has 0 atom stereocenters. The van der Waals surface area contributed by atoms with Crippen molar-refractivity contribution < 1.29 is 17.6 Å². The first kappa shape index (κ1) is 20.5. The van der Waals surface area contributed by atoms with E-state index >= 15 is 0 Å². The van der Waals surface area contributed by atoms with Crippen molar-refractivity contribution in [2.24, 2.45) is 0 Å². The Morgan fingerprint density at radius 3 is 2.21 bits per heavy atom. The largest absolute Gasteiger partial charge is 0.337 e. The number of amides is 1. The van der Waals surface area contributed by atoms with E-state index in [1.54, 1.807) is 61.6 Å². The van der Waals surface area contributed by atoms with Gasteiger partial charge in [-0.2, -0.15) is 0 Å². The van der Waals surface area contributed by atoms with Crippen LogP contribution in [0.15, 0.2) is 83.8 Å². The zero-order valence-corrected chi connectivity index (χ0v) is 16.9. The summed E-state index contributed by atoms with van der Waals surface area (Å²) in [6.07, 6.45) is 0. The van der Waals surface area contributed by atoms with E-state index in [2.05, 4.69) is 0 Å². The summed E-state index contributed by atoms with van der Waals surface area (Å²) >= 11 is 0.